The zero-order valence-electron chi connectivity index (χ0n) is 14.2. The fourth-order valence-corrected chi connectivity index (χ4v) is 4.70. The van der Waals surface area contributed by atoms with Crippen LogP contribution in [0, 0.1) is 0 Å². The monoisotopic (exact) mass is 360 g/mol. The molecule has 0 aromatic carbocycles. The van der Waals surface area contributed by atoms with Gasteiger partial charge in [-0.05, 0) is 31.0 Å². The smallest absolute Gasteiger partial charge is 0.410 e. The van der Waals surface area contributed by atoms with Crippen molar-refractivity contribution in [2.24, 2.45) is 7.05 Å². The lowest BCUT2D eigenvalue weighted by Gasteiger charge is -2.28. The van der Waals surface area contributed by atoms with Crippen LogP contribution in [-0.4, -0.2) is 34.6 Å². The van der Waals surface area contributed by atoms with Gasteiger partial charge in [0.25, 0.3) is 5.91 Å². The van der Waals surface area contributed by atoms with Crippen molar-refractivity contribution in [3.8, 4) is 0 Å². The SMILES string of the molecule is CCOC(=O)N1CCc2c(sc3c2C(=O)N[C@@H](c2cccn2C)N3)C1. The van der Waals surface area contributed by atoms with Crippen molar-refractivity contribution in [2.75, 3.05) is 18.5 Å². The van der Waals surface area contributed by atoms with Crippen LogP contribution < -0.4 is 10.6 Å². The van der Waals surface area contributed by atoms with E-state index in [1.807, 2.05) is 29.9 Å². The molecule has 2 aromatic heterocycles. The molecule has 8 heteroatoms. The number of ether oxygens (including phenoxy) is 1. The fraction of sp³-hybridized carbons (Fsp3) is 0.412. The van der Waals surface area contributed by atoms with E-state index in [4.69, 9.17) is 4.74 Å². The fourth-order valence-electron chi connectivity index (χ4n) is 3.41. The predicted octanol–water partition coefficient (Wildman–Crippen LogP) is 2.46. The molecule has 0 aliphatic carbocycles. The van der Waals surface area contributed by atoms with Crippen molar-refractivity contribution >= 4 is 28.3 Å². The van der Waals surface area contributed by atoms with Gasteiger partial charge in [-0.2, -0.15) is 0 Å². The molecule has 25 heavy (non-hydrogen) atoms. The van der Waals surface area contributed by atoms with Gasteiger partial charge in [-0.1, -0.05) is 0 Å². The molecule has 2 aromatic rings. The number of rotatable bonds is 2. The van der Waals surface area contributed by atoms with Crippen LogP contribution in [0.4, 0.5) is 9.80 Å². The zero-order valence-corrected chi connectivity index (χ0v) is 15.0. The van der Waals surface area contributed by atoms with Crippen LogP contribution in [-0.2, 0) is 24.8 Å². The lowest BCUT2D eigenvalue weighted by molar-refractivity contribution is 0.0933. The minimum Gasteiger partial charge on any atom is -0.450 e. The Morgan fingerprint density at radius 1 is 1.44 bits per heavy atom. The molecule has 0 bridgehead atoms. The Labute approximate surface area is 149 Å². The van der Waals surface area contributed by atoms with Crippen LogP contribution in [0.3, 0.4) is 0 Å². The average molecular weight is 360 g/mol. The quantitative estimate of drug-likeness (QED) is 0.863. The molecule has 0 saturated carbocycles. The molecule has 0 unspecified atom stereocenters. The Morgan fingerprint density at radius 3 is 3.00 bits per heavy atom. The summed E-state index contributed by atoms with van der Waals surface area (Å²) in [5.74, 6) is -0.0537. The highest BCUT2D eigenvalue weighted by atomic mass is 32.1. The van der Waals surface area contributed by atoms with E-state index in [9.17, 15) is 9.59 Å². The first kappa shape index (κ1) is 16.0. The Morgan fingerprint density at radius 2 is 2.28 bits per heavy atom. The maximum absolute atomic E-state index is 12.7. The van der Waals surface area contributed by atoms with E-state index < -0.39 is 0 Å². The Hall–Kier alpha value is -2.48. The van der Waals surface area contributed by atoms with Crippen LogP contribution >= 0.6 is 11.3 Å². The molecule has 0 fully saturated rings. The molecular formula is C17H20N4O3S. The van der Waals surface area contributed by atoms with Crippen molar-refractivity contribution in [3.05, 3.63) is 40.0 Å². The van der Waals surface area contributed by atoms with Gasteiger partial charge in [0.15, 0.2) is 0 Å². The number of hydrogen-bond acceptors (Lipinski definition) is 5. The van der Waals surface area contributed by atoms with E-state index in [1.165, 1.54) is 0 Å². The second-order valence-corrected chi connectivity index (χ2v) is 7.28. The first-order chi connectivity index (χ1) is 12.1. The van der Waals surface area contributed by atoms with Crippen LogP contribution in [0.2, 0.25) is 0 Å². The van der Waals surface area contributed by atoms with E-state index in [2.05, 4.69) is 10.6 Å². The largest absolute Gasteiger partial charge is 0.450 e. The molecule has 4 rings (SSSR count). The Bertz CT molecular complexity index is 841. The molecule has 0 saturated heterocycles. The highest BCUT2D eigenvalue weighted by Gasteiger charge is 2.34. The molecule has 0 radical (unpaired) electrons. The highest BCUT2D eigenvalue weighted by molar-refractivity contribution is 7.16. The van der Waals surface area contributed by atoms with E-state index in [-0.39, 0.29) is 18.2 Å². The standard InChI is InChI=1S/C17H20N4O3S/c1-3-24-17(23)21-8-6-10-12(9-21)25-16-13(10)15(22)18-14(19-16)11-5-4-7-20(11)2/h4-5,7,14,19H,3,6,8-9H2,1-2H3,(H,18,22)/t14-/m1/s1. The van der Waals surface area contributed by atoms with Crippen LogP contribution in [0.5, 0.6) is 0 Å². The summed E-state index contributed by atoms with van der Waals surface area (Å²) >= 11 is 1.56. The minimum absolute atomic E-state index is 0.0537. The van der Waals surface area contributed by atoms with Gasteiger partial charge in [0.1, 0.15) is 11.2 Å². The van der Waals surface area contributed by atoms with Gasteiger partial charge in [-0.25, -0.2) is 4.79 Å². The van der Waals surface area contributed by atoms with Gasteiger partial charge < -0.3 is 24.8 Å². The number of thiophene rings is 1. The number of carbonyl (C=O) groups is 2. The molecule has 0 spiro atoms. The molecule has 2 amide bonds. The zero-order chi connectivity index (χ0) is 17.6. The molecule has 1 atom stereocenters. The number of anilines is 1. The summed E-state index contributed by atoms with van der Waals surface area (Å²) in [6.07, 6.45) is 2.08. The summed E-state index contributed by atoms with van der Waals surface area (Å²) in [4.78, 5) is 27.4. The normalized spacial score (nSPS) is 18.9. The number of hydrogen-bond donors (Lipinski definition) is 2. The minimum atomic E-state index is -0.293. The Balaban J connectivity index is 1.61. The lowest BCUT2D eigenvalue weighted by Crippen LogP contribution is -2.40. The van der Waals surface area contributed by atoms with Gasteiger partial charge in [-0.15, -0.1) is 11.3 Å². The van der Waals surface area contributed by atoms with E-state index in [0.717, 1.165) is 26.7 Å². The molecule has 4 heterocycles. The third-order valence-corrected chi connectivity index (χ3v) is 5.79. The van der Waals surface area contributed by atoms with E-state index in [1.54, 1.807) is 23.2 Å². The topological polar surface area (TPSA) is 75.6 Å². The summed E-state index contributed by atoms with van der Waals surface area (Å²) in [6, 6.07) is 3.94. The first-order valence-corrected chi connectivity index (χ1v) is 9.15. The molecular weight excluding hydrogens is 340 g/mol. The second kappa shape index (κ2) is 6.11. The predicted molar refractivity (Wildman–Crippen MR) is 94.7 cm³/mol. The van der Waals surface area contributed by atoms with Crippen molar-refractivity contribution < 1.29 is 14.3 Å². The summed E-state index contributed by atoms with van der Waals surface area (Å²) < 4.78 is 7.08. The van der Waals surface area contributed by atoms with Crippen molar-refractivity contribution in [3.63, 3.8) is 0 Å². The van der Waals surface area contributed by atoms with Crippen LogP contribution in [0.1, 0.15) is 39.6 Å². The second-order valence-electron chi connectivity index (χ2n) is 6.17. The Kier molecular flexibility index (Phi) is 3.91. The maximum atomic E-state index is 12.7. The van der Waals surface area contributed by atoms with Gasteiger partial charge in [-0.3, -0.25) is 4.79 Å². The van der Waals surface area contributed by atoms with E-state index in [0.29, 0.717) is 26.1 Å². The maximum Gasteiger partial charge on any atom is 0.410 e. The van der Waals surface area contributed by atoms with Gasteiger partial charge >= 0.3 is 6.09 Å². The third-order valence-electron chi connectivity index (χ3n) is 4.64. The summed E-state index contributed by atoms with van der Waals surface area (Å²) in [5, 5.41) is 7.35. The van der Waals surface area contributed by atoms with Crippen LogP contribution in [0.25, 0.3) is 0 Å². The lowest BCUT2D eigenvalue weighted by atomic mass is 10.0. The van der Waals surface area contributed by atoms with Crippen molar-refractivity contribution in [2.45, 2.75) is 26.1 Å². The summed E-state index contributed by atoms with van der Waals surface area (Å²) in [6.45, 7) is 3.24. The van der Waals surface area contributed by atoms with Gasteiger partial charge in [0, 0.05) is 24.7 Å². The molecule has 2 aliphatic rings. The van der Waals surface area contributed by atoms with E-state index >= 15 is 0 Å². The molecule has 2 N–H and O–H groups in total. The number of fused-ring (bicyclic) bond motifs is 3. The first-order valence-electron chi connectivity index (χ1n) is 8.33. The van der Waals surface area contributed by atoms with Gasteiger partial charge in [0.2, 0.25) is 0 Å². The van der Waals surface area contributed by atoms with Crippen molar-refractivity contribution in [1.82, 2.24) is 14.8 Å². The highest BCUT2D eigenvalue weighted by Crippen LogP contribution is 2.40. The third kappa shape index (κ3) is 2.66. The number of aryl methyl sites for hydroxylation is 1. The number of aromatic nitrogens is 1. The summed E-state index contributed by atoms with van der Waals surface area (Å²) in [7, 11) is 1.95. The number of nitrogens with zero attached hydrogens (tertiary/aromatic N) is 2. The number of carbonyl (C=O) groups excluding carboxylic acids is 2. The summed E-state index contributed by atoms with van der Waals surface area (Å²) in [5.41, 5.74) is 2.78. The van der Waals surface area contributed by atoms with Crippen molar-refractivity contribution in [1.29, 1.82) is 0 Å². The number of nitrogens with one attached hydrogen (secondary N) is 2. The average Bonchev–Trinajstić information content (AvgIpc) is 3.17. The molecule has 2 aliphatic heterocycles. The number of amides is 2. The van der Waals surface area contributed by atoms with Crippen LogP contribution in [0.15, 0.2) is 18.3 Å². The molecule has 132 valence electrons. The van der Waals surface area contributed by atoms with Gasteiger partial charge in [0.05, 0.1) is 24.4 Å². The molecule has 7 nitrogen and oxygen atoms in total.